The lowest BCUT2D eigenvalue weighted by molar-refractivity contribution is -0.0227. The molecular weight excluding hydrogens is 272 g/mol. The second-order valence-corrected chi connectivity index (χ2v) is 9.05. The molecule has 1 fully saturated rings. The fourth-order valence-electron chi connectivity index (χ4n) is 5.66. The summed E-state index contributed by atoms with van der Waals surface area (Å²) in [5, 5.41) is 21.4. The van der Waals surface area contributed by atoms with Gasteiger partial charge in [0.15, 0.2) is 0 Å². The Hall–Kier alpha value is -0.760. The Bertz CT molecular complexity index is 538. The Morgan fingerprint density at radius 1 is 1.09 bits per heavy atom. The highest BCUT2D eigenvalue weighted by atomic mass is 16.3. The molecule has 1 saturated carbocycles. The summed E-state index contributed by atoms with van der Waals surface area (Å²) < 4.78 is 0. The summed E-state index contributed by atoms with van der Waals surface area (Å²) >= 11 is 0. The molecule has 124 valence electrons. The van der Waals surface area contributed by atoms with Crippen LogP contribution in [0.25, 0.3) is 0 Å². The van der Waals surface area contributed by atoms with Crippen molar-refractivity contribution in [1.82, 2.24) is 0 Å². The van der Waals surface area contributed by atoms with E-state index in [-0.39, 0.29) is 16.9 Å². The van der Waals surface area contributed by atoms with Crippen molar-refractivity contribution < 1.29 is 10.2 Å². The van der Waals surface area contributed by atoms with Crippen molar-refractivity contribution in [3.8, 4) is 0 Å². The molecule has 0 bridgehead atoms. The summed E-state index contributed by atoms with van der Waals surface area (Å²) in [6.07, 6.45) is 5.75. The third-order valence-corrected chi connectivity index (χ3v) is 6.96. The van der Waals surface area contributed by atoms with E-state index in [1.165, 1.54) is 30.4 Å². The fourth-order valence-corrected chi connectivity index (χ4v) is 5.66. The van der Waals surface area contributed by atoms with Crippen LogP contribution in [0.1, 0.15) is 73.1 Å². The molecule has 3 aliphatic rings. The molecular formula is C20H32O2. The number of fused-ring (bicyclic) bond motifs is 2. The quantitative estimate of drug-likeness (QED) is 0.658. The standard InChI is InChI=1S/C20H32O2/c1-12(2)13-9-14-15(10-16(13)21)20(5)8-6-7-19(3,4)18(20)11-17(14)22/h12,17-18,21-22H,6-11H2,1-5H3/t17?,18-,20+/m0/s1. The van der Waals surface area contributed by atoms with E-state index in [0.717, 1.165) is 18.4 Å². The van der Waals surface area contributed by atoms with Gasteiger partial charge >= 0.3 is 0 Å². The van der Waals surface area contributed by atoms with Gasteiger partial charge in [0.05, 0.1) is 11.9 Å². The molecule has 0 aromatic heterocycles. The molecule has 0 aromatic rings. The van der Waals surface area contributed by atoms with Crippen molar-refractivity contribution in [3.63, 3.8) is 0 Å². The second kappa shape index (κ2) is 5.12. The van der Waals surface area contributed by atoms with Gasteiger partial charge in [-0.1, -0.05) is 46.6 Å². The number of rotatable bonds is 1. The summed E-state index contributed by atoms with van der Waals surface area (Å²) in [4.78, 5) is 0. The first-order valence-corrected chi connectivity index (χ1v) is 8.98. The van der Waals surface area contributed by atoms with E-state index in [4.69, 9.17) is 0 Å². The van der Waals surface area contributed by atoms with E-state index >= 15 is 0 Å². The predicted molar refractivity (Wildman–Crippen MR) is 90.6 cm³/mol. The fraction of sp³-hybridized carbons (Fsp3) is 0.800. The van der Waals surface area contributed by atoms with Gasteiger partial charge in [-0.05, 0) is 59.5 Å². The third-order valence-electron chi connectivity index (χ3n) is 6.96. The van der Waals surface area contributed by atoms with Crippen LogP contribution in [0, 0.1) is 22.7 Å². The van der Waals surface area contributed by atoms with Gasteiger partial charge in [0.2, 0.25) is 0 Å². The minimum atomic E-state index is -0.313. The first-order chi connectivity index (χ1) is 10.2. The highest BCUT2D eigenvalue weighted by Gasteiger charge is 2.53. The maximum atomic E-state index is 10.8. The average Bonchev–Trinajstić information content (AvgIpc) is 2.41. The topological polar surface area (TPSA) is 40.5 Å². The molecule has 0 aliphatic heterocycles. The van der Waals surface area contributed by atoms with E-state index in [1.54, 1.807) is 0 Å². The van der Waals surface area contributed by atoms with Gasteiger partial charge in [0.1, 0.15) is 0 Å². The molecule has 0 heterocycles. The van der Waals surface area contributed by atoms with Crippen LogP contribution >= 0.6 is 0 Å². The van der Waals surface area contributed by atoms with Gasteiger partial charge < -0.3 is 10.2 Å². The van der Waals surface area contributed by atoms with Crippen molar-refractivity contribution in [3.05, 3.63) is 22.5 Å². The van der Waals surface area contributed by atoms with Crippen LogP contribution in [0.4, 0.5) is 0 Å². The van der Waals surface area contributed by atoms with Crippen molar-refractivity contribution in [2.24, 2.45) is 22.7 Å². The van der Waals surface area contributed by atoms with Crippen LogP contribution in [0.15, 0.2) is 22.5 Å². The Morgan fingerprint density at radius 2 is 1.77 bits per heavy atom. The molecule has 3 rings (SSSR count). The van der Waals surface area contributed by atoms with Crippen molar-refractivity contribution in [2.75, 3.05) is 0 Å². The first kappa shape index (κ1) is 16.1. The first-order valence-electron chi connectivity index (χ1n) is 8.98. The average molecular weight is 304 g/mol. The van der Waals surface area contributed by atoms with Crippen LogP contribution in [0.2, 0.25) is 0 Å². The van der Waals surface area contributed by atoms with Crippen LogP contribution in [-0.4, -0.2) is 16.3 Å². The van der Waals surface area contributed by atoms with E-state index < -0.39 is 0 Å². The van der Waals surface area contributed by atoms with Gasteiger partial charge in [-0.15, -0.1) is 0 Å². The lowest BCUT2D eigenvalue weighted by atomic mass is 9.48. The summed E-state index contributed by atoms with van der Waals surface area (Å²) in [6.45, 7) is 11.4. The van der Waals surface area contributed by atoms with E-state index in [2.05, 4.69) is 34.6 Å². The third kappa shape index (κ3) is 2.26. The zero-order valence-electron chi connectivity index (χ0n) is 14.9. The van der Waals surface area contributed by atoms with Crippen LogP contribution < -0.4 is 0 Å². The molecule has 22 heavy (non-hydrogen) atoms. The summed E-state index contributed by atoms with van der Waals surface area (Å²) in [5.74, 6) is 1.46. The summed E-state index contributed by atoms with van der Waals surface area (Å²) in [5.41, 5.74) is 4.18. The van der Waals surface area contributed by atoms with E-state index in [9.17, 15) is 10.2 Å². The zero-order valence-corrected chi connectivity index (χ0v) is 14.9. The lowest BCUT2D eigenvalue weighted by Gasteiger charge is -2.57. The summed E-state index contributed by atoms with van der Waals surface area (Å²) in [6, 6.07) is 0. The van der Waals surface area contributed by atoms with Crippen molar-refractivity contribution >= 4 is 0 Å². The highest BCUT2D eigenvalue weighted by molar-refractivity contribution is 5.41. The SMILES string of the molecule is CC(C)C1=C(O)CC2=C(C1)C(O)C[C@H]1C(C)(C)CCC[C@]21C. The minimum absolute atomic E-state index is 0.160. The van der Waals surface area contributed by atoms with E-state index in [1.807, 2.05) is 0 Å². The molecule has 3 atom stereocenters. The van der Waals surface area contributed by atoms with Gasteiger partial charge in [0, 0.05) is 6.42 Å². The summed E-state index contributed by atoms with van der Waals surface area (Å²) in [7, 11) is 0. The number of allylic oxidation sites excluding steroid dienone is 2. The monoisotopic (exact) mass is 304 g/mol. The number of aliphatic hydroxyl groups excluding tert-OH is 2. The van der Waals surface area contributed by atoms with Crippen molar-refractivity contribution in [1.29, 1.82) is 0 Å². The minimum Gasteiger partial charge on any atom is -0.512 e. The van der Waals surface area contributed by atoms with Gasteiger partial charge in [-0.3, -0.25) is 0 Å². The largest absolute Gasteiger partial charge is 0.512 e. The zero-order chi connectivity index (χ0) is 16.3. The Balaban J connectivity index is 2.04. The second-order valence-electron chi connectivity index (χ2n) is 9.05. The molecule has 2 nitrogen and oxygen atoms in total. The maximum absolute atomic E-state index is 10.8. The number of hydrogen-bond donors (Lipinski definition) is 2. The van der Waals surface area contributed by atoms with Crippen LogP contribution in [0.5, 0.6) is 0 Å². The van der Waals surface area contributed by atoms with Crippen LogP contribution in [-0.2, 0) is 0 Å². The Morgan fingerprint density at radius 3 is 2.41 bits per heavy atom. The Labute approximate surface area is 135 Å². The highest BCUT2D eigenvalue weighted by Crippen LogP contribution is 2.62. The van der Waals surface area contributed by atoms with Crippen LogP contribution in [0.3, 0.4) is 0 Å². The van der Waals surface area contributed by atoms with Gasteiger partial charge in [-0.2, -0.15) is 0 Å². The van der Waals surface area contributed by atoms with Gasteiger partial charge in [-0.25, -0.2) is 0 Å². The molecule has 0 aromatic carbocycles. The molecule has 2 heteroatoms. The molecule has 2 N–H and O–H groups in total. The Kier molecular flexibility index (Phi) is 3.75. The molecule has 0 amide bonds. The van der Waals surface area contributed by atoms with E-state index in [0.29, 0.717) is 24.0 Å². The predicted octanol–water partition coefficient (Wildman–Crippen LogP) is 5.14. The van der Waals surface area contributed by atoms with Crippen molar-refractivity contribution in [2.45, 2.75) is 79.2 Å². The smallest absolute Gasteiger partial charge is 0.0961 e. The number of aliphatic hydroxyl groups is 2. The molecule has 1 unspecified atom stereocenters. The van der Waals surface area contributed by atoms with Gasteiger partial charge in [0.25, 0.3) is 0 Å². The lowest BCUT2D eigenvalue weighted by Crippen LogP contribution is -2.49. The molecule has 0 radical (unpaired) electrons. The molecule has 3 aliphatic carbocycles. The number of hydrogen-bond acceptors (Lipinski definition) is 2. The maximum Gasteiger partial charge on any atom is 0.0961 e. The normalized spacial score (nSPS) is 38.1. The molecule has 0 spiro atoms. The molecule has 0 saturated heterocycles.